The third-order valence-electron chi connectivity index (χ3n) is 4.37. The first kappa shape index (κ1) is 17.6. The molecule has 134 valence electrons. The molecule has 0 spiro atoms. The molecular weight excluding hydrogens is 333 g/mol. The van der Waals surface area contributed by atoms with E-state index in [4.69, 9.17) is 0 Å². The van der Waals surface area contributed by atoms with E-state index in [1.807, 2.05) is 36.0 Å². The van der Waals surface area contributed by atoms with Gasteiger partial charge in [0, 0.05) is 42.7 Å². The highest BCUT2D eigenvalue weighted by Gasteiger charge is 2.38. The highest BCUT2D eigenvalue weighted by atomic mass is 19.4. The number of aromatic amines is 1. The second-order valence-electron chi connectivity index (χ2n) is 6.56. The molecule has 0 saturated heterocycles. The Bertz CT molecular complexity index is 812. The topological polar surface area (TPSA) is 61.9 Å². The van der Waals surface area contributed by atoms with Crippen molar-refractivity contribution in [3.63, 3.8) is 0 Å². The summed E-state index contributed by atoms with van der Waals surface area (Å²) in [6.07, 6.45) is -2.56. The Morgan fingerprint density at radius 3 is 2.64 bits per heavy atom. The zero-order valence-corrected chi connectivity index (χ0v) is 14.0. The molecule has 2 aromatic rings. The first-order valence-corrected chi connectivity index (χ1v) is 8.10. The molecule has 1 aliphatic heterocycles. The number of hydrogen-bond donors (Lipinski definition) is 1. The van der Waals surface area contributed by atoms with Gasteiger partial charge in [-0.2, -0.15) is 18.3 Å². The van der Waals surface area contributed by atoms with Crippen LogP contribution in [0.2, 0.25) is 0 Å². The van der Waals surface area contributed by atoms with Gasteiger partial charge in [-0.25, -0.2) is 5.10 Å². The second-order valence-corrected chi connectivity index (χ2v) is 6.56. The number of nitrogens with one attached hydrogen (secondary N) is 1. The molecule has 0 aliphatic carbocycles. The summed E-state index contributed by atoms with van der Waals surface area (Å²) in [7, 11) is 0. The molecule has 0 fully saturated rings. The Morgan fingerprint density at radius 2 is 2.04 bits per heavy atom. The minimum Gasteiger partial charge on any atom is -0.294 e. The molecule has 8 heteroatoms. The quantitative estimate of drug-likeness (QED) is 0.923. The van der Waals surface area contributed by atoms with Crippen molar-refractivity contribution < 1.29 is 13.2 Å². The summed E-state index contributed by atoms with van der Waals surface area (Å²) in [5.41, 5.74) is 0.536. The maximum atomic E-state index is 13.2. The lowest BCUT2D eigenvalue weighted by Crippen LogP contribution is -2.36. The average Bonchev–Trinajstić information content (AvgIpc) is 2.54. The number of hydrogen-bond acceptors (Lipinski definition) is 4. The first-order chi connectivity index (χ1) is 11.8. The molecule has 0 amide bonds. The Morgan fingerprint density at radius 1 is 1.28 bits per heavy atom. The summed E-state index contributed by atoms with van der Waals surface area (Å²) in [4.78, 5) is 18.1. The molecule has 0 atom stereocenters. The fourth-order valence-electron chi connectivity index (χ4n) is 3.03. The molecule has 3 rings (SSSR count). The molecule has 0 unspecified atom stereocenters. The Hall–Kier alpha value is -2.22. The molecule has 0 bridgehead atoms. The van der Waals surface area contributed by atoms with E-state index in [1.54, 1.807) is 6.20 Å². The number of rotatable bonds is 3. The first-order valence-electron chi connectivity index (χ1n) is 8.10. The number of aromatic nitrogens is 3. The molecule has 2 aromatic heterocycles. The Kier molecular flexibility index (Phi) is 4.64. The number of pyridine rings is 1. The Labute approximate surface area is 142 Å². The van der Waals surface area contributed by atoms with Crippen LogP contribution < -0.4 is 5.56 Å². The van der Waals surface area contributed by atoms with Crippen LogP contribution in [-0.2, 0) is 25.7 Å². The maximum absolute atomic E-state index is 13.2. The summed E-state index contributed by atoms with van der Waals surface area (Å²) in [6, 6.07) is 3.88. The van der Waals surface area contributed by atoms with Gasteiger partial charge in [-0.15, -0.1) is 0 Å². The van der Waals surface area contributed by atoms with Crippen molar-refractivity contribution >= 4 is 0 Å². The summed E-state index contributed by atoms with van der Waals surface area (Å²) in [5.74, 6) is 0.322. The van der Waals surface area contributed by atoms with Crippen molar-refractivity contribution in [3.05, 3.63) is 56.8 Å². The highest BCUT2D eigenvalue weighted by Crippen LogP contribution is 2.32. The van der Waals surface area contributed by atoms with Gasteiger partial charge in [0.1, 0.15) is 0 Å². The van der Waals surface area contributed by atoms with Crippen LogP contribution in [0.3, 0.4) is 0 Å². The molecule has 5 nitrogen and oxygen atoms in total. The fourth-order valence-corrected chi connectivity index (χ4v) is 3.03. The Balaban J connectivity index is 1.83. The lowest BCUT2D eigenvalue weighted by Gasteiger charge is -2.29. The van der Waals surface area contributed by atoms with Crippen LogP contribution >= 0.6 is 0 Å². The minimum absolute atomic E-state index is 0.0192. The van der Waals surface area contributed by atoms with Crippen LogP contribution in [0.5, 0.6) is 0 Å². The smallest absolute Gasteiger partial charge is 0.294 e. The summed E-state index contributed by atoms with van der Waals surface area (Å²) >= 11 is 0. The van der Waals surface area contributed by atoms with Gasteiger partial charge in [0.25, 0.3) is 5.56 Å². The largest absolute Gasteiger partial charge is 0.435 e. The minimum atomic E-state index is -4.59. The summed E-state index contributed by atoms with van der Waals surface area (Å²) in [5, 5.41) is 5.20. The van der Waals surface area contributed by atoms with Crippen LogP contribution in [0.4, 0.5) is 13.2 Å². The lowest BCUT2D eigenvalue weighted by molar-refractivity contribution is -0.143. The van der Waals surface area contributed by atoms with E-state index < -0.39 is 17.4 Å². The number of nitrogens with zero attached hydrogens (tertiary/aromatic N) is 3. The molecular formula is C17H19F3N4O. The normalized spacial score (nSPS) is 15.4. The van der Waals surface area contributed by atoms with Crippen molar-refractivity contribution in [2.75, 3.05) is 6.54 Å². The number of alkyl halides is 3. The van der Waals surface area contributed by atoms with E-state index in [0.717, 1.165) is 11.3 Å². The van der Waals surface area contributed by atoms with E-state index in [0.29, 0.717) is 19.0 Å². The van der Waals surface area contributed by atoms with Crippen molar-refractivity contribution in [1.82, 2.24) is 20.1 Å². The monoisotopic (exact) mass is 352 g/mol. The highest BCUT2D eigenvalue weighted by molar-refractivity contribution is 5.32. The zero-order chi connectivity index (χ0) is 18.2. The van der Waals surface area contributed by atoms with Crippen LogP contribution in [0.15, 0.2) is 23.1 Å². The third-order valence-corrected chi connectivity index (χ3v) is 4.37. The van der Waals surface area contributed by atoms with Crippen LogP contribution in [0.25, 0.3) is 0 Å². The number of fused-ring (bicyclic) bond motifs is 1. The van der Waals surface area contributed by atoms with Crippen LogP contribution in [0.1, 0.15) is 47.8 Å². The third kappa shape index (κ3) is 3.73. The van der Waals surface area contributed by atoms with E-state index in [1.165, 1.54) is 0 Å². The van der Waals surface area contributed by atoms with Gasteiger partial charge in [0.05, 0.1) is 0 Å². The van der Waals surface area contributed by atoms with E-state index in [9.17, 15) is 18.0 Å². The summed E-state index contributed by atoms with van der Waals surface area (Å²) < 4.78 is 39.5. The molecule has 3 heterocycles. The van der Waals surface area contributed by atoms with Gasteiger partial charge in [-0.3, -0.25) is 14.7 Å². The molecule has 0 saturated carbocycles. The molecule has 25 heavy (non-hydrogen) atoms. The molecule has 1 N–H and O–H groups in total. The van der Waals surface area contributed by atoms with E-state index in [2.05, 4.69) is 10.1 Å². The van der Waals surface area contributed by atoms with Crippen LogP contribution in [-0.4, -0.2) is 26.6 Å². The molecule has 0 radical (unpaired) electrons. The summed E-state index contributed by atoms with van der Waals surface area (Å²) in [6.45, 7) is 5.14. The van der Waals surface area contributed by atoms with Gasteiger partial charge < -0.3 is 0 Å². The van der Waals surface area contributed by atoms with Gasteiger partial charge in [-0.1, -0.05) is 19.9 Å². The predicted molar refractivity (Wildman–Crippen MR) is 86.0 cm³/mol. The van der Waals surface area contributed by atoms with Crippen molar-refractivity contribution in [3.8, 4) is 0 Å². The lowest BCUT2D eigenvalue weighted by atomic mass is 9.99. The van der Waals surface area contributed by atoms with Gasteiger partial charge >= 0.3 is 6.18 Å². The molecule has 0 aromatic carbocycles. The number of halogens is 3. The fraction of sp³-hybridized carbons (Fsp3) is 0.471. The van der Waals surface area contributed by atoms with E-state index >= 15 is 0 Å². The molecule has 1 aliphatic rings. The number of H-pyrrole nitrogens is 1. The maximum Gasteiger partial charge on any atom is 0.435 e. The van der Waals surface area contributed by atoms with Gasteiger partial charge in [-0.05, 0) is 24.0 Å². The van der Waals surface area contributed by atoms with Gasteiger partial charge in [0.15, 0.2) is 5.69 Å². The van der Waals surface area contributed by atoms with Gasteiger partial charge in [0.2, 0.25) is 0 Å². The van der Waals surface area contributed by atoms with Crippen LogP contribution in [0, 0.1) is 0 Å². The van der Waals surface area contributed by atoms with Crippen molar-refractivity contribution in [2.45, 2.75) is 45.5 Å². The second kappa shape index (κ2) is 6.59. The SMILES string of the molecule is CC(C)c1ccc(CN2CCc3c(c(C(F)(F)F)n[nH]c3=O)C2)cn1. The standard InChI is InChI=1S/C17H19F3N4O/c1-10(2)14-4-3-11(7-21-14)8-24-6-5-12-13(9-24)15(17(18,19)20)22-23-16(12)25/h3-4,7,10H,5-6,8-9H2,1-2H3,(H,23,25). The zero-order valence-electron chi connectivity index (χ0n) is 14.0. The van der Waals surface area contributed by atoms with Crippen molar-refractivity contribution in [2.24, 2.45) is 0 Å². The van der Waals surface area contributed by atoms with E-state index in [-0.39, 0.29) is 24.1 Å². The predicted octanol–water partition coefficient (Wildman–Crippen LogP) is 2.87. The van der Waals surface area contributed by atoms with Crippen molar-refractivity contribution in [1.29, 1.82) is 0 Å². The average molecular weight is 352 g/mol.